The number of piperidine rings is 1. The van der Waals surface area contributed by atoms with Crippen molar-refractivity contribution in [3.05, 3.63) is 76.2 Å². The molecule has 4 nitrogen and oxygen atoms in total. The minimum absolute atomic E-state index is 0.0293. The van der Waals surface area contributed by atoms with Crippen LogP contribution in [0, 0.1) is 6.92 Å². The maximum Gasteiger partial charge on any atom is 0.266 e. The second-order valence-electron chi connectivity index (χ2n) is 8.40. The van der Waals surface area contributed by atoms with Crippen molar-refractivity contribution in [3.8, 4) is 0 Å². The zero-order valence-corrected chi connectivity index (χ0v) is 19.7. The lowest BCUT2D eigenvalue weighted by Crippen LogP contribution is -2.30. The lowest BCUT2D eigenvalue weighted by atomic mass is 10.1. The number of para-hydroxylation sites is 1. The number of carbonyl (C=O) groups is 1. The average molecular weight is 460 g/mol. The number of benzene rings is 2. The number of carbonyl (C=O) groups excluding carboxylic acids is 1. The molecule has 2 aliphatic heterocycles. The number of thiocarbonyl (C=S) groups is 1. The van der Waals surface area contributed by atoms with E-state index in [-0.39, 0.29) is 5.91 Å². The van der Waals surface area contributed by atoms with Gasteiger partial charge in [-0.3, -0.25) is 9.69 Å². The van der Waals surface area contributed by atoms with Crippen LogP contribution in [-0.2, 0) is 11.3 Å². The van der Waals surface area contributed by atoms with Crippen LogP contribution in [0.15, 0.2) is 59.5 Å². The molecule has 3 heterocycles. The monoisotopic (exact) mass is 459 g/mol. The molecule has 2 aliphatic rings. The van der Waals surface area contributed by atoms with Crippen molar-refractivity contribution >= 4 is 57.0 Å². The molecule has 0 aliphatic carbocycles. The van der Waals surface area contributed by atoms with Gasteiger partial charge in [0.1, 0.15) is 10.1 Å². The Labute approximate surface area is 198 Å². The molecule has 0 radical (unpaired) electrons. The van der Waals surface area contributed by atoms with Gasteiger partial charge in [-0.25, -0.2) is 4.98 Å². The van der Waals surface area contributed by atoms with Crippen molar-refractivity contribution in [2.75, 3.05) is 18.0 Å². The summed E-state index contributed by atoms with van der Waals surface area (Å²) >= 11 is 6.95. The number of thioether (sulfide) groups is 1. The molecule has 0 unspecified atom stereocenters. The highest BCUT2D eigenvalue weighted by atomic mass is 32.2. The molecule has 162 valence electrons. The van der Waals surface area contributed by atoms with E-state index in [1.165, 1.54) is 36.6 Å². The van der Waals surface area contributed by atoms with E-state index < -0.39 is 0 Å². The maximum absolute atomic E-state index is 13.3. The van der Waals surface area contributed by atoms with Crippen molar-refractivity contribution in [2.24, 2.45) is 0 Å². The topological polar surface area (TPSA) is 36.4 Å². The first-order valence-corrected chi connectivity index (χ1v) is 12.3. The van der Waals surface area contributed by atoms with Crippen LogP contribution in [0.2, 0.25) is 0 Å². The summed E-state index contributed by atoms with van der Waals surface area (Å²) in [7, 11) is 0. The average Bonchev–Trinajstić information content (AvgIpc) is 3.08. The van der Waals surface area contributed by atoms with Crippen molar-refractivity contribution < 1.29 is 4.79 Å². The third-order valence-corrected chi connectivity index (χ3v) is 7.39. The fourth-order valence-electron chi connectivity index (χ4n) is 4.24. The van der Waals surface area contributed by atoms with Crippen LogP contribution in [0.25, 0.3) is 17.0 Å². The predicted molar refractivity (Wildman–Crippen MR) is 138 cm³/mol. The lowest BCUT2D eigenvalue weighted by Gasteiger charge is -2.29. The van der Waals surface area contributed by atoms with Crippen LogP contribution < -0.4 is 4.90 Å². The summed E-state index contributed by atoms with van der Waals surface area (Å²) in [6.45, 7) is 4.56. The van der Waals surface area contributed by atoms with Gasteiger partial charge in [0.15, 0.2) is 0 Å². The van der Waals surface area contributed by atoms with Gasteiger partial charge in [0.25, 0.3) is 5.91 Å². The summed E-state index contributed by atoms with van der Waals surface area (Å²) in [6, 6.07) is 18.6. The Hall–Kier alpha value is -2.70. The molecule has 2 aromatic carbocycles. The van der Waals surface area contributed by atoms with Gasteiger partial charge in [0, 0.05) is 24.0 Å². The minimum atomic E-state index is -0.0293. The molecular weight excluding hydrogens is 434 g/mol. The van der Waals surface area contributed by atoms with Crippen LogP contribution in [0.5, 0.6) is 0 Å². The molecule has 1 aromatic heterocycles. The van der Waals surface area contributed by atoms with Gasteiger partial charge in [-0.1, -0.05) is 72.0 Å². The number of pyridine rings is 1. The molecule has 2 saturated heterocycles. The number of fused-ring (bicyclic) bond motifs is 1. The Bertz CT molecular complexity index is 1210. The first kappa shape index (κ1) is 21.2. The van der Waals surface area contributed by atoms with Gasteiger partial charge in [0.05, 0.1) is 17.0 Å². The number of rotatable bonds is 4. The van der Waals surface area contributed by atoms with E-state index in [2.05, 4.69) is 48.2 Å². The van der Waals surface area contributed by atoms with E-state index in [1.807, 2.05) is 24.3 Å². The summed E-state index contributed by atoms with van der Waals surface area (Å²) in [6.07, 6.45) is 5.59. The molecule has 2 fully saturated rings. The van der Waals surface area contributed by atoms with Crippen molar-refractivity contribution in [1.29, 1.82) is 0 Å². The fraction of sp³-hybridized carbons (Fsp3) is 0.269. The van der Waals surface area contributed by atoms with Gasteiger partial charge in [0.2, 0.25) is 0 Å². The quantitative estimate of drug-likeness (QED) is 0.357. The second-order valence-corrected chi connectivity index (χ2v) is 10.1. The van der Waals surface area contributed by atoms with Crippen molar-refractivity contribution in [1.82, 2.24) is 9.88 Å². The summed E-state index contributed by atoms with van der Waals surface area (Å²) in [5, 5.41) is 1.08. The Morgan fingerprint density at radius 2 is 1.81 bits per heavy atom. The number of aryl methyl sites for hydroxylation is 1. The van der Waals surface area contributed by atoms with Gasteiger partial charge in [-0.05, 0) is 50.0 Å². The van der Waals surface area contributed by atoms with E-state index >= 15 is 0 Å². The SMILES string of the molecule is Cc1ccc(CN2C(=O)/C(=C/c3cc4ccccc4nc3N3CCCCC3)SC2=S)cc1. The fourth-order valence-corrected chi connectivity index (χ4v) is 5.49. The van der Waals surface area contributed by atoms with Gasteiger partial charge in [-0.2, -0.15) is 0 Å². The Kier molecular flexibility index (Phi) is 5.98. The maximum atomic E-state index is 13.3. The number of hydrogen-bond donors (Lipinski definition) is 0. The molecule has 5 rings (SSSR count). The molecule has 0 atom stereocenters. The normalized spacial score (nSPS) is 18.2. The molecular formula is C26H25N3OS2. The lowest BCUT2D eigenvalue weighted by molar-refractivity contribution is -0.122. The number of hydrogen-bond acceptors (Lipinski definition) is 5. The van der Waals surface area contributed by atoms with Crippen LogP contribution in [-0.4, -0.2) is 33.2 Å². The highest BCUT2D eigenvalue weighted by Gasteiger charge is 2.32. The van der Waals surface area contributed by atoms with E-state index in [0.717, 1.165) is 40.9 Å². The molecule has 0 bridgehead atoms. The molecule has 6 heteroatoms. The third kappa shape index (κ3) is 4.30. The van der Waals surface area contributed by atoms with E-state index in [0.29, 0.717) is 15.8 Å². The number of nitrogens with zero attached hydrogens (tertiary/aromatic N) is 3. The summed E-state index contributed by atoms with van der Waals surface area (Å²) in [5.41, 5.74) is 4.25. The van der Waals surface area contributed by atoms with Crippen molar-refractivity contribution in [3.63, 3.8) is 0 Å². The predicted octanol–water partition coefficient (Wildman–Crippen LogP) is 5.93. The number of aromatic nitrogens is 1. The molecule has 0 saturated carbocycles. The van der Waals surface area contributed by atoms with Crippen LogP contribution in [0.3, 0.4) is 0 Å². The molecule has 0 N–H and O–H groups in total. The Morgan fingerprint density at radius 3 is 2.59 bits per heavy atom. The first-order valence-electron chi connectivity index (χ1n) is 11.0. The summed E-state index contributed by atoms with van der Waals surface area (Å²) in [4.78, 5) is 23.0. The highest BCUT2D eigenvalue weighted by molar-refractivity contribution is 8.26. The zero-order chi connectivity index (χ0) is 22.1. The van der Waals surface area contributed by atoms with Gasteiger partial charge >= 0.3 is 0 Å². The molecule has 3 aromatic rings. The Morgan fingerprint density at radius 1 is 1.06 bits per heavy atom. The summed E-state index contributed by atoms with van der Waals surface area (Å²) < 4.78 is 0.607. The molecule has 1 amide bonds. The second kappa shape index (κ2) is 9.04. The summed E-state index contributed by atoms with van der Waals surface area (Å²) in [5.74, 6) is 0.936. The van der Waals surface area contributed by atoms with E-state index in [1.54, 1.807) is 4.90 Å². The molecule has 32 heavy (non-hydrogen) atoms. The Balaban J connectivity index is 1.49. The highest BCUT2D eigenvalue weighted by Crippen LogP contribution is 2.36. The molecule has 0 spiro atoms. The largest absolute Gasteiger partial charge is 0.356 e. The zero-order valence-electron chi connectivity index (χ0n) is 18.1. The van der Waals surface area contributed by atoms with Gasteiger partial charge in [-0.15, -0.1) is 0 Å². The van der Waals surface area contributed by atoms with E-state index in [9.17, 15) is 4.79 Å². The van der Waals surface area contributed by atoms with Gasteiger partial charge < -0.3 is 4.90 Å². The van der Waals surface area contributed by atoms with Crippen LogP contribution in [0.4, 0.5) is 5.82 Å². The third-order valence-electron chi connectivity index (χ3n) is 6.01. The smallest absolute Gasteiger partial charge is 0.266 e. The number of amides is 1. The van der Waals surface area contributed by atoms with Crippen LogP contribution >= 0.6 is 24.0 Å². The van der Waals surface area contributed by atoms with Crippen LogP contribution in [0.1, 0.15) is 36.0 Å². The van der Waals surface area contributed by atoms with E-state index in [4.69, 9.17) is 17.2 Å². The minimum Gasteiger partial charge on any atom is -0.356 e. The number of anilines is 1. The standard InChI is InChI=1S/C26H25N3OS2/c1-18-9-11-19(12-10-18)17-29-25(30)23(32-26(29)31)16-21-15-20-7-3-4-8-22(20)27-24(21)28-13-5-2-6-14-28/h3-4,7-12,15-16H,2,5-6,13-14,17H2,1H3/b23-16-. The first-order chi connectivity index (χ1) is 15.6. The van der Waals surface area contributed by atoms with Crippen molar-refractivity contribution in [2.45, 2.75) is 32.7 Å².